The summed E-state index contributed by atoms with van der Waals surface area (Å²) in [5, 5.41) is 0.605. The molecule has 0 radical (unpaired) electrons. The lowest BCUT2D eigenvalue weighted by Crippen LogP contribution is -2.13. The molecule has 3 rings (SSSR count). The van der Waals surface area contributed by atoms with Gasteiger partial charge < -0.3 is 14.2 Å². The Kier molecular flexibility index (Phi) is 5.91. The summed E-state index contributed by atoms with van der Waals surface area (Å²) in [4.78, 5) is 17.8. The highest BCUT2D eigenvalue weighted by atomic mass is 32.2. The van der Waals surface area contributed by atoms with Gasteiger partial charge in [-0.1, -0.05) is 17.8 Å². The summed E-state index contributed by atoms with van der Waals surface area (Å²) in [6, 6.07) is 10.7. The van der Waals surface area contributed by atoms with Gasteiger partial charge in [-0.05, 0) is 38.3 Å². The number of benzene rings is 2. The fourth-order valence-corrected chi connectivity index (χ4v) is 3.37. The van der Waals surface area contributed by atoms with E-state index in [4.69, 9.17) is 14.2 Å². The normalized spacial score (nSPS) is 10.8. The topological polar surface area (TPSA) is 62.6 Å². The fraction of sp³-hybridized carbons (Fsp3) is 0.300. The summed E-state index contributed by atoms with van der Waals surface area (Å²) < 4.78 is 18.2. The minimum Gasteiger partial charge on any atom is -0.497 e. The van der Waals surface area contributed by atoms with Crippen LogP contribution in [0.4, 0.5) is 0 Å². The van der Waals surface area contributed by atoms with Crippen molar-refractivity contribution in [1.82, 2.24) is 9.55 Å². The van der Waals surface area contributed by atoms with Crippen molar-refractivity contribution in [3.63, 3.8) is 0 Å². The van der Waals surface area contributed by atoms with Gasteiger partial charge in [-0.2, -0.15) is 0 Å². The SMILES string of the molecule is CCOc1cc2nc(SC)n(C(=O)c3cccc(OC)c3)c2cc1OCC. The second-order valence-corrected chi connectivity index (χ2v) is 6.40. The zero-order valence-corrected chi connectivity index (χ0v) is 16.6. The molecule has 0 saturated heterocycles. The number of fused-ring (bicyclic) bond motifs is 1. The number of nitrogens with zero attached hydrogens (tertiary/aromatic N) is 2. The molecule has 27 heavy (non-hydrogen) atoms. The maximum absolute atomic E-state index is 13.2. The number of carbonyl (C=O) groups excluding carboxylic acids is 1. The molecule has 0 aliphatic rings. The van der Waals surface area contributed by atoms with E-state index in [2.05, 4.69) is 4.98 Å². The van der Waals surface area contributed by atoms with Gasteiger partial charge in [-0.3, -0.25) is 9.36 Å². The molecular formula is C20H22N2O4S. The number of carbonyl (C=O) groups is 1. The van der Waals surface area contributed by atoms with Crippen LogP contribution in [0.5, 0.6) is 17.2 Å². The van der Waals surface area contributed by atoms with Crippen LogP contribution in [0.25, 0.3) is 11.0 Å². The van der Waals surface area contributed by atoms with E-state index in [1.54, 1.807) is 35.9 Å². The van der Waals surface area contributed by atoms with E-state index in [1.807, 2.05) is 32.2 Å². The smallest absolute Gasteiger partial charge is 0.264 e. The molecule has 0 fully saturated rings. The number of hydrogen-bond donors (Lipinski definition) is 0. The molecule has 0 aliphatic carbocycles. The van der Waals surface area contributed by atoms with E-state index in [0.717, 1.165) is 0 Å². The molecular weight excluding hydrogens is 364 g/mol. The Balaban J connectivity index is 2.18. The Morgan fingerprint density at radius 1 is 1.11 bits per heavy atom. The molecule has 0 saturated carbocycles. The van der Waals surface area contributed by atoms with Crippen LogP contribution in [-0.2, 0) is 0 Å². The Morgan fingerprint density at radius 2 is 1.81 bits per heavy atom. The highest BCUT2D eigenvalue weighted by molar-refractivity contribution is 7.98. The molecule has 1 heterocycles. The summed E-state index contributed by atoms with van der Waals surface area (Å²) in [7, 11) is 1.58. The molecule has 0 amide bonds. The van der Waals surface area contributed by atoms with Gasteiger partial charge in [-0.15, -0.1) is 0 Å². The summed E-state index contributed by atoms with van der Waals surface area (Å²) >= 11 is 1.41. The predicted molar refractivity (Wildman–Crippen MR) is 107 cm³/mol. The second-order valence-electron chi connectivity index (χ2n) is 5.62. The predicted octanol–water partition coefficient (Wildman–Crippen LogP) is 4.25. The van der Waals surface area contributed by atoms with Crippen LogP contribution in [0.3, 0.4) is 0 Å². The first-order valence-electron chi connectivity index (χ1n) is 8.67. The molecule has 3 aromatic rings. The standard InChI is InChI=1S/C20H22N2O4S/c1-5-25-17-11-15-16(12-18(17)26-6-2)22(20(21-15)27-4)19(23)13-8-7-9-14(10-13)24-3/h7-12H,5-6H2,1-4H3. The van der Waals surface area contributed by atoms with Gasteiger partial charge in [0.05, 0.1) is 31.4 Å². The Labute approximate surface area is 162 Å². The van der Waals surface area contributed by atoms with Gasteiger partial charge in [0.15, 0.2) is 16.7 Å². The van der Waals surface area contributed by atoms with E-state index in [0.29, 0.717) is 52.2 Å². The highest BCUT2D eigenvalue weighted by Gasteiger charge is 2.21. The zero-order valence-electron chi connectivity index (χ0n) is 15.8. The van der Waals surface area contributed by atoms with E-state index < -0.39 is 0 Å². The largest absolute Gasteiger partial charge is 0.497 e. The van der Waals surface area contributed by atoms with E-state index >= 15 is 0 Å². The molecule has 0 spiro atoms. The maximum Gasteiger partial charge on any atom is 0.264 e. The van der Waals surface area contributed by atoms with Gasteiger partial charge in [0, 0.05) is 17.7 Å². The fourth-order valence-electron chi connectivity index (χ4n) is 2.82. The van der Waals surface area contributed by atoms with Crippen molar-refractivity contribution >= 4 is 28.7 Å². The number of aromatic nitrogens is 2. The summed E-state index contributed by atoms with van der Waals surface area (Å²) in [6.07, 6.45) is 1.89. The summed E-state index contributed by atoms with van der Waals surface area (Å²) in [5.41, 5.74) is 1.89. The molecule has 6 nitrogen and oxygen atoms in total. The van der Waals surface area contributed by atoms with Crippen molar-refractivity contribution in [1.29, 1.82) is 0 Å². The minimum absolute atomic E-state index is 0.174. The van der Waals surface area contributed by atoms with Gasteiger partial charge in [0.1, 0.15) is 5.75 Å². The Hall–Kier alpha value is -2.67. The van der Waals surface area contributed by atoms with Crippen molar-refractivity contribution in [3.8, 4) is 17.2 Å². The molecule has 0 aliphatic heterocycles. The number of hydrogen-bond acceptors (Lipinski definition) is 6. The summed E-state index contributed by atoms with van der Waals surface area (Å²) in [5.74, 6) is 1.68. The van der Waals surface area contributed by atoms with Crippen molar-refractivity contribution in [2.24, 2.45) is 0 Å². The van der Waals surface area contributed by atoms with Crippen molar-refractivity contribution < 1.29 is 19.0 Å². The van der Waals surface area contributed by atoms with Crippen molar-refractivity contribution in [2.75, 3.05) is 26.6 Å². The molecule has 0 unspecified atom stereocenters. The van der Waals surface area contributed by atoms with Crippen LogP contribution in [0.15, 0.2) is 41.6 Å². The van der Waals surface area contributed by atoms with Crippen LogP contribution >= 0.6 is 11.8 Å². The molecule has 0 atom stereocenters. The van der Waals surface area contributed by atoms with Crippen LogP contribution in [0.2, 0.25) is 0 Å². The maximum atomic E-state index is 13.2. The lowest BCUT2D eigenvalue weighted by Gasteiger charge is -2.12. The minimum atomic E-state index is -0.174. The van der Waals surface area contributed by atoms with Crippen LogP contribution in [-0.4, -0.2) is 42.0 Å². The third-order valence-corrected chi connectivity index (χ3v) is 4.63. The third kappa shape index (κ3) is 3.73. The Morgan fingerprint density at radius 3 is 2.44 bits per heavy atom. The number of methoxy groups -OCH3 is 1. The number of rotatable bonds is 7. The lowest BCUT2D eigenvalue weighted by molar-refractivity contribution is 0.0954. The van der Waals surface area contributed by atoms with Gasteiger partial charge in [0.25, 0.3) is 5.91 Å². The number of imidazole rings is 1. The van der Waals surface area contributed by atoms with Crippen LogP contribution in [0, 0.1) is 0 Å². The highest BCUT2D eigenvalue weighted by Crippen LogP contribution is 2.35. The molecule has 2 aromatic carbocycles. The second kappa shape index (κ2) is 8.35. The van der Waals surface area contributed by atoms with E-state index in [9.17, 15) is 4.79 Å². The van der Waals surface area contributed by atoms with Gasteiger partial charge in [-0.25, -0.2) is 4.98 Å². The zero-order chi connectivity index (χ0) is 19.4. The average Bonchev–Trinajstić information content (AvgIpc) is 3.05. The first-order chi connectivity index (χ1) is 13.1. The first kappa shape index (κ1) is 19.1. The summed E-state index contributed by atoms with van der Waals surface area (Å²) in [6.45, 7) is 4.84. The number of ether oxygens (including phenoxy) is 3. The van der Waals surface area contributed by atoms with Gasteiger partial charge >= 0.3 is 0 Å². The third-order valence-electron chi connectivity index (χ3n) is 3.99. The van der Waals surface area contributed by atoms with E-state index in [1.165, 1.54) is 11.8 Å². The molecule has 0 N–H and O–H groups in total. The van der Waals surface area contributed by atoms with Crippen LogP contribution < -0.4 is 14.2 Å². The van der Waals surface area contributed by atoms with Crippen molar-refractivity contribution in [2.45, 2.75) is 19.0 Å². The van der Waals surface area contributed by atoms with E-state index in [-0.39, 0.29) is 5.91 Å². The Bertz CT molecular complexity index is 968. The average molecular weight is 386 g/mol. The molecule has 7 heteroatoms. The lowest BCUT2D eigenvalue weighted by atomic mass is 10.2. The monoisotopic (exact) mass is 386 g/mol. The van der Waals surface area contributed by atoms with Crippen LogP contribution in [0.1, 0.15) is 24.2 Å². The molecule has 1 aromatic heterocycles. The number of thioether (sulfide) groups is 1. The first-order valence-corrected chi connectivity index (χ1v) is 9.90. The molecule has 142 valence electrons. The molecule has 0 bridgehead atoms. The quantitative estimate of drug-likeness (QED) is 0.566. The van der Waals surface area contributed by atoms with Gasteiger partial charge in [0.2, 0.25) is 0 Å². The van der Waals surface area contributed by atoms with Crippen molar-refractivity contribution in [3.05, 3.63) is 42.0 Å².